The van der Waals surface area contributed by atoms with Gasteiger partial charge in [0.1, 0.15) is 5.82 Å². The van der Waals surface area contributed by atoms with E-state index >= 15 is 0 Å². The van der Waals surface area contributed by atoms with Crippen molar-refractivity contribution in [1.29, 1.82) is 0 Å². The van der Waals surface area contributed by atoms with Crippen LogP contribution in [0.15, 0.2) is 70.0 Å². The standard InChI is InChI=1S/C22H14Cl2FN3OS2/c23-14-2-1-13(18(24)9-14)11-26-17-7-8-19-20(10-17)31-22(28-19)30-12-21(29)27-16-5-3-15(25)4-6-16/h1-11H,12H2,(H,27,29). The fraction of sp³-hybridized carbons (Fsp3) is 0.0455. The van der Waals surface area contributed by atoms with Gasteiger partial charge in [0.2, 0.25) is 5.91 Å². The second-order valence-electron chi connectivity index (χ2n) is 6.40. The van der Waals surface area contributed by atoms with E-state index in [0.29, 0.717) is 15.7 Å². The Morgan fingerprint density at radius 1 is 1.13 bits per heavy atom. The molecule has 0 radical (unpaired) electrons. The number of thioether (sulfide) groups is 1. The lowest BCUT2D eigenvalue weighted by Crippen LogP contribution is -2.13. The molecule has 4 rings (SSSR count). The molecule has 0 saturated heterocycles. The average Bonchev–Trinajstić information content (AvgIpc) is 3.15. The van der Waals surface area contributed by atoms with Crippen LogP contribution in [0.1, 0.15) is 5.56 Å². The molecule has 0 spiro atoms. The van der Waals surface area contributed by atoms with Crippen LogP contribution in [0.5, 0.6) is 0 Å². The number of hydrogen-bond donors (Lipinski definition) is 1. The molecule has 1 amide bonds. The first kappa shape index (κ1) is 21.8. The molecule has 0 saturated carbocycles. The lowest BCUT2D eigenvalue weighted by molar-refractivity contribution is -0.113. The highest BCUT2D eigenvalue weighted by Crippen LogP contribution is 2.32. The van der Waals surface area contributed by atoms with Gasteiger partial charge < -0.3 is 5.32 Å². The summed E-state index contributed by atoms with van der Waals surface area (Å²) < 4.78 is 14.7. The number of nitrogens with one attached hydrogen (secondary N) is 1. The van der Waals surface area contributed by atoms with Crippen LogP contribution in [-0.2, 0) is 4.79 Å². The minimum atomic E-state index is -0.346. The van der Waals surface area contributed by atoms with Crippen molar-refractivity contribution in [3.63, 3.8) is 0 Å². The zero-order valence-corrected chi connectivity index (χ0v) is 19.0. The van der Waals surface area contributed by atoms with Crippen molar-refractivity contribution in [3.8, 4) is 0 Å². The Balaban J connectivity index is 1.40. The monoisotopic (exact) mass is 489 g/mol. The maximum atomic E-state index is 12.9. The molecule has 3 aromatic carbocycles. The maximum absolute atomic E-state index is 12.9. The van der Waals surface area contributed by atoms with Crippen LogP contribution in [-0.4, -0.2) is 22.9 Å². The van der Waals surface area contributed by atoms with E-state index < -0.39 is 0 Å². The summed E-state index contributed by atoms with van der Waals surface area (Å²) in [6.07, 6.45) is 1.69. The highest BCUT2D eigenvalue weighted by molar-refractivity contribution is 8.01. The predicted octanol–water partition coefficient (Wildman–Crippen LogP) is 7.22. The molecular formula is C22H14Cl2FN3OS2. The lowest BCUT2D eigenvalue weighted by atomic mass is 10.2. The van der Waals surface area contributed by atoms with Crippen molar-refractivity contribution < 1.29 is 9.18 Å². The quantitative estimate of drug-likeness (QED) is 0.229. The number of benzene rings is 3. The van der Waals surface area contributed by atoms with Crippen molar-refractivity contribution in [2.75, 3.05) is 11.1 Å². The van der Waals surface area contributed by atoms with Crippen LogP contribution in [0.4, 0.5) is 15.8 Å². The first-order valence-electron chi connectivity index (χ1n) is 9.04. The summed E-state index contributed by atoms with van der Waals surface area (Å²) in [6, 6.07) is 16.6. The van der Waals surface area contributed by atoms with Gasteiger partial charge in [-0.3, -0.25) is 9.79 Å². The molecule has 0 aliphatic rings. The number of thiazole rings is 1. The lowest BCUT2D eigenvalue weighted by Gasteiger charge is -2.03. The molecule has 9 heteroatoms. The Morgan fingerprint density at radius 2 is 1.94 bits per heavy atom. The second-order valence-corrected chi connectivity index (χ2v) is 9.50. The van der Waals surface area contributed by atoms with Crippen LogP contribution < -0.4 is 5.32 Å². The molecule has 4 nitrogen and oxygen atoms in total. The zero-order chi connectivity index (χ0) is 21.8. The molecule has 4 aromatic rings. The Morgan fingerprint density at radius 3 is 2.71 bits per heavy atom. The van der Waals surface area contributed by atoms with E-state index in [-0.39, 0.29) is 17.5 Å². The number of aromatic nitrogens is 1. The minimum Gasteiger partial charge on any atom is -0.325 e. The normalized spacial score (nSPS) is 11.3. The highest BCUT2D eigenvalue weighted by atomic mass is 35.5. The Hall–Kier alpha value is -2.45. The van der Waals surface area contributed by atoms with E-state index in [0.717, 1.165) is 25.8 Å². The number of amides is 1. The van der Waals surface area contributed by atoms with Crippen molar-refractivity contribution >= 4 is 80.0 Å². The van der Waals surface area contributed by atoms with E-state index in [2.05, 4.69) is 15.3 Å². The van der Waals surface area contributed by atoms with Gasteiger partial charge in [0, 0.05) is 22.5 Å². The number of aliphatic imine (C=N–C) groups is 1. The van der Waals surface area contributed by atoms with Gasteiger partial charge >= 0.3 is 0 Å². The minimum absolute atomic E-state index is 0.180. The molecular weight excluding hydrogens is 476 g/mol. The highest BCUT2D eigenvalue weighted by Gasteiger charge is 2.09. The summed E-state index contributed by atoms with van der Waals surface area (Å²) in [7, 11) is 0. The third kappa shape index (κ3) is 5.83. The van der Waals surface area contributed by atoms with E-state index in [1.54, 1.807) is 18.3 Å². The van der Waals surface area contributed by atoms with Gasteiger partial charge in [0.05, 0.1) is 26.7 Å². The Bertz CT molecular complexity index is 1280. The Labute approximate surface area is 196 Å². The van der Waals surface area contributed by atoms with E-state index in [9.17, 15) is 9.18 Å². The first-order chi connectivity index (χ1) is 15.0. The smallest absolute Gasteiger partial charge is 0.234 e. The van der Waals surface area contributed by atoms with E-state index in [4.69, 9.17) is 23.2 Å². The number of fused-ring (bicyclic) bond motifs is 1. The van der Waals surface area contributed by atoms with E-state index in [1.165, 1.54) is 47.4 Å². The summed E-state index contributed by atoms with van der Waals surface area (Å²) in [6.45, 7) is 0. The summed E-state index contributed by atoms with van der Waals surface area (Å²) in [5, 5.41) is 3.84. The molecule has 0 fully saturated rings. The molecule has 0 aliphatic heterocycles. The SMILES string of the molecule is O=C(CSc1nc2ccc(N=Cc3ccc(Cl)cc3Cl)cc2s1)Nc1ccc(F)cc1. The molecule has 0 aliphatic carbocycles. The second kappa shape index (κ2) is 9.78. The average molecular weight is 490 g/mol. The predicted molar refractivity (Wildman–Crippen MR) is 129 cm³/mol. The molecule has 1 N–H and O–H groups in total. The fourth-order valence-electron chi connectivity index (χ4n) is 2.64. The maximum Gasteiger partial charge on any atom is 0.234 e. The van der Waals surface area contributed by atoms with Gasteiger partial charge in [0.25, 0.3) is 0 Å². The number of rotatable bonds is 6. The van der Waals surface area contributed by atoms with Crippen LogP contribution in [0, 0.1) is 5.82 Å². The van der Waals surface area contributed by atoms with Crippen molar-refractivity contribution in [2.24, 2.45) is 4.99 Å². The fourth-order valence-corrected chi connectivity index (χ4v) is 5.00. The van der Waals surface area contributed by atoms with Gasteiger partial charge in [-0.25, -0.2) is 9.37 Å². The number of halogens is 3. The van der Waals surface area contributed by atoms with Crippen LogP contribution >= 0.6 is 46.3 Å². The summed E-state index contributed by atoms with van der Waals surface area (Å²) in [5.41, 5.74) is 2.95. The van der Waals surface area contributed by atoms with Crippen molar-refractivity contribution in [3.05, 3.63) is 82.1 Å². The van der Waals surface area contributed by atoms with Gasteiger partial charge in [-0.1, -0.05) is 41.0 Å². The topological polar surface area (TPSA) is 54.4 Å². The molecule has 1 heterocycles. The number of carbonyl (C=O) groups excluding carboxylic acids is 1. The number of anilines is 1. The molecule has 156 valence electrons. The van der Waals surface area contributed by atoms with Crippen LogP contribution in [0.2, 0.25) is 10.0 Å². The summed E-state index contributed by atoms with van der Waals surface area (Å²) in [5.74, 6) is -0.320. The van der Waals surface area contributed by atoms with Crippen molar-refractivity contribution in [1.82, 2.24) is 4.98 Å². The molecule has 31 heavy (non-hydrogen) atoms. The summed E-state index contributed by atoms with van der Waals surface area (Å²) >= 11 is 14.9. The first-order valence-corrected chi connectivity index (χ1v) is 11.6. The van der Waals surface area contributed by atoms with Gasteiger partial charge in [-0.15, -0.1) is 11.3 Å². The number of nitrogens with zero attached hydrogens (tertiary/aromatic N) is 2. The van der Waals surface area contributed by atoms with Gasteiger partial charge in [0.15, 0.2) is 4.34 Å². The van der Waals surface area contributed by atoms with Crippen LogP contribution in [0.25, 0.3) is 10.2 Å². The van der Waals surface area contributed by atoms with Crippen molar-refractivity contribution in [2.45, 2.75) is 4.34 Å². The molecule has 0 bridgehead atoms. The van der Waals surface area contributed by atoms with E-state index in [1.807, 2.05) is 24.3 Å². The zero-order valence-electron chi connectivity index (χ0n) is 15.8. The molecule has 0 unspecified atom stereocenters. The largest absolute Gasteiger partial charge is 0.325 e. The molecule has 0 atom stereocenters. The van der Waals surface area contributed by atoms with Gasteiger partial charge in [-0.05, 0) is 54.6 Å². The van der Waals surface area contributed by atoms with Gasteiger partial charge in [-0.2, -0.15) is 0 Å². The number of hydrogen-bond acceptors (Lipinski definition) is 5. The number of carbonyl (C=O) groups is 1. The van der Waals surface area contributed by atoms with Crippen LogP contribution in [0.3, 0.4) is 0 Å². The Kier molecular flexibility index (Phi) is 6.87. The summed E-state index contributed by atoms with van der Waals surface area (Å²) in [4.78, 5) is 21.2. The third-order valence-electron chi connectivity index (χ3n) is 4.12. The molecule has 1 aromatic heterocycles. The third-order valence-corrected chi connectivity index (χ3v) is 6.85.